The number of rotatable bonds is 6. The highest BCUT2D eigenvalue weighted by atomic mass is 32.1. The maximum absolute atomic E-state index is 5.80. The van der Waals surface area contributed by atoms with Gasteiger partial charge in [0.25, 0.3) is 0 Å². The SMILES string of the molecule is c1cnn(CCC2CCN(Cc3ccc([C@@H]4CCCO4)s3)CC2)c1. The van der Waals surface area contributed by atoms with Gasteiger partial charge in [-0.25, -0.2) is 0 Å². The third kappa shape index (κ3) is 4.08. The van der Waals surface area contributed by atoms with Crippen molar-refractivity contribution in [2.75, 3.05) is 19.7 Å². The Kier molecular flexibility index (Phi) is 5.30. The molecule has 5 heteroatoms. The van der Waals surface area contributed by atoms with Crippen LogP contribution in [0.4, 0.5) is 0 Å². The molecular weight excluding hydrogens is 318 g/mol. The van der Waals surface area contributed by atoms with E-state index in [9.17, 15) is 0 Å². The van der Waals surface area contributed by atoms with E-state index in [1.165, 1.54) is 54.9 Å². The van der Waals surface area contributed by atoms with Gasteiger partial charge in [0.05, 0.1) is 6.10 Å². The standard InChI is InChI=1S/C19H27N3OS/c1-3-18(23-14-1)19-5-4-17(24-19)15-21-11-6-16(7-12-21)8-13-22-10-2-9-20-22/h2,4-5,9-10,16,18H,1,3,6-8,11-15H2/t18-/m0/s1. The number of ether oxygens (including phenoxy) is 1. The molecule has 4 heterocycles. The predicted octanol–water partition coefficient (Wildman–Crippen LogP) is 4.10. The van der Waals surface area contributed by atoms with Crippen LogP contribution in [0.25, 0.3) is 0 Å². The van der Waals surface area contributed by atoms with Crippen LogP contribution in [0.5, 0.6) is 0 Å². The minimum absolute atomic E-state index is 0.372. The Morgan fingerprint density at radius 1 is 1.21 bits per heavy atom. The molecule has 1 atom stereocenters. The minimum Gasteiger partial charge on any atom is -0.373 e. The molecule has 4 rings (SSSR count). The maximum Gasteiger partial charge on any atom is 0.0917 e. The highest BCUT2D eigenvalue weighted by Gasteiger charge is 2.22. The molecule has 2 fully saturated rings. The Morgan fingerprint density at radius 3 is 2.88 bits per heavy atom. The van der Waals surface area contributed by atoms with Crippen LogP contribution in [0.15, 0.2) is 30.6 Å². The highest BCUT2D eigenvalue weighted by Crippen LogP contribution is 2.34. The lowest BCUT2D eigenvalue weighted by Crippen LogP contribution is -2.33. The first kappa shape index (κ1) is 16.3. The molecule has 2 aromatic rings. The number of aryl methyl sites for hydroxylation is 1. The Labute approximate surface area is 148 Å². The molecule has 2 aromatic heterocycles. The molecule has 0 N–H and O–H groups in total. The molecule has 2 aliphatic rings. The Morgan fingerprint density at radius 2 is 2.12 bits per heavy atom. The van der Waals surface area contributed by atoms with E-state index in [1.807, 2.05) is 23.6 Å². The number of hydrogen-bond donors (Lipinski definition) is 0. The van der Waals surface area contributed by atoms with Gasteiger partial charge in [-0.05, 0) is 69.3 Å². The van der Waals surface area contributed by atoms with Gasteiger partial charge in [-0.1, -0.05) is 0 Å². The van der Waals surface area contributed by atoms with Crippen LogP contribution in [0.2, 0.25) is 0 Å². The summed E-state index contributed by atoms with van der Waals surface area (Å²) >= 11 is 1.95. The summed E-state index contributed by atoms with van der Waals surface area (Å²) in [5.41, 5.74) is 0. The summed E-state index contributed by atoms with van der Waals surface area (Å²) in [6, 6.07) is 6.60. The molecule has 130 valence electrons. The van der Waals surface area contributed by atoms with Crippen molar-refractivity contribution in [2.24, 2.45) is 5.92 Å². The van der Waals surface area contributed by atoms with Crippen molar-refractivity contribution in [1.29, 1.82) is 0 Å². The first-order chi connectivity index (χ1) is 11.9. The van der Waals surface area contributed by atoms with Gasteiger partial charge in [0.2, 0.25) is 0 Å². The fourth-order valence-electron chi connectivity index (χ4n) is 3.86. The molecule has 2 aliphatic heterocycles. The second-order valence-electron chi connectivity index (χ2n) is 7.08. The second-order valence-corrected chi connectivity index (χ2v) is 8.28. The van der Waals surface area contributed by atoms with E-state index in [2.05, 4.69) is 33.0 Å². The molecular formula is C19H27N3OS. The molecule has 0 spiro atoms. The average molecular weight is 346 g/mol. The van der Waals surface area contributed by atoms with Gasteiger partial charge < -0.3 is 4.74 Å². The smallest absolute Gasteiger partial charge is 0.0917 e. The molecule has 0 amide bonds. The van der Waals surface area contributed by atoms with E-state index in [0.717, 1.165) is 25.6 Å². The molecule has 0 bridgehead atoms. The fourth-order valence-corrected chi connectivity index (χ4v) is 5.00. The summed E-state index contributed by atoms with van der Waals surface area (Å²) in [4.78, 5) is 5.54. The average Bonchev–Trinajstić information content (AvgIpc) is 3.36. The van der Waals surface area contributed by atoms with Crippen molar-refractivity contribution < 1.29 is 4.74 Å². The van der Waals surface area contributed by atoms with Crippen molar-refractivity contribution in [2.45, 2.75) is 51.3 Å². The first-order valence-corrected chi connectivity index (χ1v) is 10.1. The van der Waals surface area contributed by atoms with Crippen LogP contribution in [-0.2, 0) is 17.8 Å². The zero-order chi connectivity index (χ0) is 16.2. The van der Waals surface area contributed by atoms with E-state index in [0.29, 0.717) is 6.10 Å². The lowest BCUT2D eigenvalue weighted by atomic mass is 9.93. The summed E-state index contributed by atoms with van der Waals surface area (Å²) in [6.45, 7) is 5.58. The fraction of sp³-hybridized carbons (Fsp3) is 0.632. The molecule has 0 aliphatic carbocycles. The van der Waals surface area contributed by atoms with Gasteiger partial charge in [0.1, 0.15) is 0 Å². The Balaban J connectivity index is 1.21. The molecule has 2 saturated heterocycles. The summed E-state index contributed by atoms with van der Waals surface area (Å²) < 4.78 is 7.86. The Hall–Kier alpha value is -1.17. The number of nitrogens with zero attached hydrogens (tertiary/aromatic N) is 3. The zero-order valence-corrected chi connectivity index (χ0v) is 15.1. The second kappa shape index (κ2) is 7.81. The predicted molar refractivity (Wildman–Crippen MR) is 97.1 cm³/mol. The van der Waals surface area contributed by atoms with Crippen LogP contribution >= 0.6 is 11.3 Å². The van der Waals surface area contributed by atoms with Crippen LogP contribution < -0.4 is 0 Å². The quantitative estimate of drug-likeness (QED) is 0.790. The van der Waals surface area contributed by atoms with Crippen LogP contribution in [-0.4, -0.2) is 34.4 Å². The van der Waals surface area contributed by atoms with E-state index >= 15 is 0 Å². The third-order valence-corrected chi connectivity index (χ3v) is 6.50. The van der Waals surface area contributed by atoms with E-state index in [4.69, 9.17) is 4.74 Å². The number of likely N-dealkylation sites (tertiary alicyclic amines) is 1. The van der Waals surface area contributed by atoms with Crippen LogP contribution in [0.1, 0.15) is 48.0 Å². The molecule has 24 heavy (non-hydrogen) atoms. The number of piperidine rings is 1. The number of hydrogen-bond acceptors (Lipinski definition) is 4. The Bertz CT molecular complexity index is 610. The van der Waals surface area contributed by atoms with Crippen molar-refractivity contribution in [1.82, 2.24) is 14.7 Å². The van der Waals surface area contributed by atoms with Crippen LogP contribution in [0.3, 0.4) is 0 Å². The van der Waals surface area contributed by atoms with Crippen molar-refractivity contribution in [3.8, 4) is 0 Å². The zero-order valence-electron chi connectivity index (χ0n) is 14.3. The molecule has 0 unspecified atom stereocenters. The molecule has 0 saturated carbocycles. The van der Waals surface area contributed by atoms with E-state index < -0.39 is 0 Å². The lowest BCUT2D eigenvalue weighted by molar-refractivity contribution is 0.114. The number of aromatic nitrogens is 2. The summed E-state index contributed by atoms with van der Waals surface area (Å²) in [7, 11) is 0. The molecule has 4 nitrogen and oxygen atoms in total. The normalized spacial score (nSPS) is 23.1. The van der Waals surface area contributed by atoms with Gasteiger partial charge in [-0.3, -0.25) is 9.58 Å². The maximum atomic E-state index is 5.80. The topological polar surface area (TPSA) is 30.3 Å². The van der Waals surface area contributed by atoms with Crippen molar-refractivity contribution >= 4 is 11.3 Å². The molecule has 0 radical (unpaired) electrons. The van der Waals surface area contributed by atoms with Gasteiger partial charge in [0.15, 0.2) is 0 Å². The summed E-state index contributed by atoms with van der Waals surface area (Å²) in [5.74, 6) is 0.858. The number of thiophene rings is 1. The van der Waals surface area contributed by atoms with Crippen LogP contribution in [0, 0.1) is 5.92 Å². The highest BCUT2D eigenvalue weighted by molar-refractivity contribution is 7.12. The van der Waals surface area contributed by atoms with Gasteiger partial charge in [-0.15, -0.1) is 11.3 Å². The van der Waals surface area contributed by atoms with Gasteiger partial charge >= 0.3 is 0 Å². The first-order valence-electron chi connectivity index (χ1n) is 9.27. The summed E-state index contributed by atoms with van der Waals surface area (Å²) in [5, 5.41) is 4.30. The van der Waals surface area contributed by atoms with E-state index in [1.54, 1.807) is 0 Å². The van der Waals surface area contributed by atoms with Gasteiger partial charge in [-0.2, -0.15) is 5.10 Å². The minimum atomic E-state index is 0.372. The lowest BCUT2D eigenvalue weighted by Gasteiger charge is -2.31. The monoisotopic (exact) mass is 345 g/mol. The van der Waals surface area contributed by atoms with E-state index in [-0.39, 0.29) is 0 Å². The largest absolute Gasteiger partial charge is 0.373 e. The summed E-state index contributed by atoms with van der Waals surface area (Å²) in [6.07, 6.45) is 10.6. The third-order valence-electron chi connectivity index (χ3n) is 5.34. The van der Waals surface area contributed by atoms with Crippen molar-refractivity contribution in [3.63, 3.8) is 0 Å². The van der Waals surface area contributed by atoms with Crippen molar-refractivity contribution in [3.05, 3.63) is 40.3 Å². The van der Waals surface area contributed by atoms with Gasteiger partial charge in [0, 0.05) is 41.8 Å². The molecule has 0 aromatic carbocycles.